The van der Waals surface area contributed by atoms with E-state index in [1.54, 1.807) is 0 Å². The number of ether oxygens (including phenoxy) is 1. The standard InChI is InChI=1S/C14H18BrNO2/c1-2-18-14(17)13(10-4-3-5-10)16-12-8-6-11(15)7-9-12/h6-10,13,16H,2-5H2,1H3. The van der Waals surface area contributed by atoms with Gasteiger partial charge in [-0.15, -0.1) is 0 Å². The van der Waals surface area contributed by atoms with Gasteiger partial charge in [0.15, 0.2) is 0 Å². The Bertz CT molecular complexity index is 401. The predicted octanol–water partition coefficient (Wildman–Crippen LogP) is 3.59. The predicted molar refractivity (Wildman–Crippen MR) is 75.5 cm³/mol. The Balaban J connectivity index is 2.04. The van der Waals surface area contributed by atoms with Crippen molar-refractivity contribution in [1.82, 2.24) is 0 Å². The van der Waals surface area contributed by atoms with Crippen molar-refractivity contribution >= 4 is 27.6 Å². The van der Waals surface area contributed by atoms with Gasteiger partial charge >= 0.3 is 5.97 Å². The van der Waals surface area contributed by atoms with Gasteiger partial charge in [-0.3, -0.25) is 0 Å². The molecule has 0 saturated heterocycles. The fourth-order valence-corrected chi connectivity index (χ4v) is 2.36. The molecule has 1 aromatic carbocycles. The summed E-state index contributed by atoms with van der Waals surface area (Å²) in [5, 5.41) is 3.30. The van der Waals surface area contributed by atoms with Crippen LogP contribution in [0, 0.1) is 5.92 Å². The maximum absolute atomic E-state index is 12.0. The molecule has 1 saturated carbocycles. The highest BCUT2D eigenvalue weighted by molar-refractivity contribution is 9.10. The van der Waals surface area contributed by atoms with Crippen molar-refractivity contribution < 1.29 is 9.53 Å². The number of carbonyl (C=O) groups is 1. The van der Waals surface area contributed by atoms with Crippen LogP contribution < -0.4 is 5.32 Å². The first-order valence-corrected chi connectivity index (χ1v) is 7.18. The highest BCUT2D eigenvalue weighted by atomic mass is 79.9. The van der Waals surface area contributed by atoms with Gasteiger partial charge in [-0.25, -0.2) is 4.79 Å². The molecule has 98 valence electrons. The summed E-state index contributed by atoms with van der Waals surface area (Å²) < 4.78 is 6.18. The summed E-state index contributed by atoms with van der Waals surface area (Å²) in [6.45, 7) is 2.28. The summed E-state index contributed by atoms with van der Waals surface area (Å²) in [6.07, 6.45) is 3.42. The molecule has 18 heavy (non-hydrogen) atoms. The Morgan fingerprint density at radius 3 is 2.61 bits per heavy atom. The molecule has 3 nitrogen and oxygen atoms in total. The first-order chi connectivity index (χ1) is 8.70. The second-order valence-electron chi connectivity index (χ2n) is 4.57. The number of hydrogen-bond donors (Lipinski definition) is 1. The largest absolute Gasteiger partial charge is 0.464 e. The lowest BCUT2D eigenvalue weighted by atomic mass is 9.79. The Hall–Kier alpha value is -1.03. The van der Waals surface area contributed by atoms with Gasteiger partial charge in [-0.1, -0.05) is 22.4 Å². The number of esters is 1. The molecule has 0 radical (unpaired) electrons. The minimum absolute atomic E-state index is 0.134. The van der Waals surface area contributed by atoms with Crippen LogP contribution in [-0.4, -0.2) is 18.6 Å². The molecule has 0 aromatic heterocycles. The summed E-state index contributed by atoms with van der Waals surface area (Å²) in [7, 11) is 0. The van der Waals surface area contributed by atoms with Crippen molar-refractivity contribution in [3.8, 4) is 0 Å². The van der Waals surface area contributed by atoms with Crippen LogP contribution in [0.25, 0.3) is 0 Å². The monoisotopic (exact) mass is 311 g/mol. The molecule has 0 aliphatic heterocycles. The van der Waals surface area contributed by atoms with Crippen molar-refractivity contribution in [2.75, 3.05) is 11.9 Å². The van der Waals surface area contributed by atoms with Crippen molar-refractivity contribution in [3.05, 3.63) is 28.7 Å². The summed E-state index contributed by atoms with van der Waals surface area (Å²) in [6, 6.07) is 7.65. The molecular formula is C14H18BrNO2. The van der Waals surface area contributed by atoms with E-state index in [9.17, 15) is 4.79 Å². The fourth-order valence-electron chi connectivity index (χ4n) is 2.10. The first kappa shape index (κ1) is 13.4. The van der Waals surface area contributed by atoms with E-state index >= 15 is 0 Å². The molecular weight excluding hydrogens is 294 g/mol. The molecule has 0 amide bonds. The van der Waals surface area contributed by atoms with E-state index in [2.05, 4.69) is 21.2 Å². The SMILES string of the molecule is CCOC(=O)C(Nc1ccc(Br)cc1)C1CCC1. The minimum Gasteiger partial charge on any atom is -0.464 e. The van der Waals surface area contributed by atoms with Crippen LogP contribution >= 0.6 is 15.9 Å². The van der Waals surface area contributed by atoms with Crippen LogP contribution in [0.15, 0.2) is 28.7 Å². The third-order valence-corrected chi connectivity index (χ3v) is 3.86. The van der Waals surface area contributed by atoms with E-state index in [0.717, 1.165) is 23.0 Å². The van der Waals surface area contributed by atoms with Crippen LogP contribution in [0.2, 0.25) is 0 Å². The number of halogens is 1. The molecule has 0 heterocycles. The third-order valence-electron chi connectivity index (χ3n) is 3.33. The van der Waals surface area contributed by atoms with Gasteiger partial charge in [-0.05, 0) is 49.9 Å². The van der Waals surface area contributed by atoms with E-state index in [1.165, 1.54) is 6.42 Å². The van der Waals surface area contributed by atoms with Gasteiger partial charge in [0, 0.05) is 10.2 Å². The van der Waals surface area contributed by atoms with Gasteiger partial charge in [0.1, 0.15) is 6.04 Å². The molecule has 1 fully saturated rings. The van der Waals surface area contributed by atoms with Crippen LogP contribution in [0.4, 0.5) is 5.69 Å². The van der Waals surface area contributed by atoms with E-state index in [4.69, 9.17) is 4.74 Å². The van der Waals surface area contributed by atoms with Gasteiger partial charge in [0.25, 0.3) is 0 Å². The van der Waals surface area contributed by atoms with E-state index in [0.29, 0.717) is 12.5 Å². The highest BCUT2D eigenvalue weighted by Gasteiger charge is 2.33. The maximum Gasteiger partial charge on any atom is 0.328 e. The van der Waals surface area contributed by atoms with Crippen molar-refractivity contribution in [2.45, 2.75) is 32.2 Å². The van der Waals surface area contributed by atoms with Gasteiger partial charge in [0.2, 0.25) is 0 Å². The summed E-state index contributed by atoms with van der Waals surface area (Å²) in [5.74, 6) is 0.276. The quantitative estimate of drug-likeness (QED) is 0.844. The molecule has 1 N–H and O–H groups in total. The lowest BCUT2D eigenvalue weighted by molar-refractivity contribution is -0.146. The fraction of sp³-hybridized carbons (Fsp3) is 0.500. The zero-order chi connectivity index (χ0) is 13.0. The Morgan fingerprint density at radius 2 is 2.11 bits per heavy atom. The molecule has 1 atom stereocenters. The first-order valence-electron chi connectivity index (χ1n) is 6.39. The zero-order valence-electron chi connectivity index (χ0n) is 10.5. The van der Waals surface area contributed by atoms with Crippen LogP contribution in [0.1, 0.15) is 26.2 Å². The van der Waals surface area contributed by atoms with Crippen molar-refractivity contribution in [3.63, 3.8) is 0 Å². The summed E-state index contributed by atoms with van der Waals surface area (Å²) in [4.78, 5) is 12.0. The van der Waals surface area contributed by atoms with Crippen molar-refractivity contribution in [1.29, 1.82) is 0 Å². The average molecular weight is 312 g/mol. The second-order valence-corrected chi connectivity index (χ2v) is 5.49. The molecule has 2 rings (SSSR count). The average Bonchev–Trinajstić information content (AvgIpc) is 2.29. The number of nitrogens with one attached hydrogen (secondary N) is 1. The zero-order valence-corrected chi connectivity index (χ0v) is 12.1. The lowest BCUT2D eigenvalue weighted by Crippen LogP contribution is -2.41. The molecule has 0 bridgehead atoms. The highest BCUT2D eigenvalue weighted by Crippen LogP contribution is 2.32. The topological polar surface area (TPSA) is 38.3 Å². The second kappa shape index (κ2) is 6.23. The Labute approximate surface area is 116 Å². The van der Waals surface area contributed by atoms with Gasteiger partial charge in [0.05, 0.1) is 6.61 Å². The molecule has 1 aliphatic carbocycles. The molecule has 1 aromatic rings. The van der Waals surface area contributed by atoms with Crippen LogP contribution in [0.3, 0.4) is 0 Å². The maximum atomic E-state index is 12.0. The number of rotatable bonds is 5. The lowest BCUT2D eigenvalue weighted by Gasteiger charge is -2.33. The smallest absolute Gasteiger partial charge is 0.328 e. The number of carbonyl (C=O) groups excluding carboxylic acids is 1. The van der Waals surface area contributed by atoms with Crippen molar-refractivity contribution in [2.24, 2.45) is 5.92 Å². The molecule has 1 unspecified atom stereocenters. The number of benzene rings is 1. The summed E-state index contributed by atoms with van der Waals surface area (Å²) >= 11 is 3.40. The van der Waals surface area contributed by atoms with E-state index in [-0.39, 0.29) is 12.0 Å². The molecule has 1 aliphatic rings. The summed E-state index contributed by atoms with van der Waals surface area (Å²) in [5.41, 5.74) is 0.961. The minimum atomic E-state index is -0.208. The normalized spacial score (nSPS) is 16.8. The van der Waals surface area contributed by atoms with Gasteiger partial charge < -0.3 is 10.1 Å². The van der Waals surface area contributed by atoms with Gasteiger partial charge in [-0.2, -0.15) is 0 Å². The van der Waals surface area contributed by atoms with Crippen LogP contribution in [-0.2, 0) is 9.53 Å². The van der Waals surface area contributed by atoms with E-state index in [1.807, 2.05) is 31.2 Å². The molecule has 4 heteroatoms. The Kier molecular flexibility index (Phi) is 4.64. The number of hydrogen-bond acceptors (Lipinski definition) is 3. The third kappa shape index (κ3) is 3.25. The van der Waals surface area contributed by atoms with Crippen LogP contribution in [0.5, 0.6) is 0 Å². The number of anilines is 1. The Morgan fingerprint density at radius 1 is 1.44 bits per heavy atom. The van der Waals surface area contributed by atoms with E-state index < -0.39 is 0 Å². The molecule has 0 spiro atoms.